The summed E-state index contributed by atoms with van der Waals surface area (Å²) in [7, 11) is 0. The Labute approximate surface area is 133 Å². The van der Waals surface area contributed by atoms with E-state index in [1.165, 1.54) is 18.3 Å². The van der Waals surface area contributed by atoms with Crippen molar-refractivity contribution in [3.8, 4) is 5.75 Å². The second-order valence-electron chi connectivity index (χ2n) is 4.73. The molecule has 6 nitrogen and oxygen atoms in total. The maximum atomic E-state index is 11.9. The summed E-state index contributed by atoms with van der Waals surface area (Å²) >= 11 is 0. The molecule has 23 heavy (non-hydrogen) atoms. The first-order valence-corrected chi connectivity index (χ1v) is 6.94. The Morgan fingerprint density at radius 2 is 1.78 bits per heavy atom. The van der Waals surface area contributed by atoms with Gasteiger partial charge in [-0.05, 0) is 36.8 Å². The number of carboxylic acids is 1. The molecule has 2 aromatic carbocycles. The van der Waals surface area contributed by atoms with Gasteiger partial charge in [-0.3, -0.25) is 4.79 Å². The molecule has 0 radical (unpaired) electrons. The lowest BCUT2D eigenvalue weighted by molar-refractivity contribution is -0.127. The van der Waals surface area contributed by atoms with E-state index in [0.717, 1.165) is 0 Å². The van der Waals surface area contributed by atoms with Crippen LogP contribution in [0.4, 0.5) is 0 Å². The molecule has 0 bridgehead atoms. The Kier molecular flexibility index (Phi) is 5.46. The number of carboxylic acid groups (broad SMARTS) is 1. The van der Waals surface area contributed by atoms with E-state index in [1.54, 1.807) is 31.2 Å². The van der Waals surface area contributed by atoms with Gasteiger partial charge in [0.05, 0.1) is 11.8 Å². The molecule has 6 heteroatoms. The molecule has 0 spiro atoms. The van der Waals surface area contributed by atoms with Gasteiger partial charge >= 0.3 is 5.97 Å². The number of hydrogen-bond donors (Lipinski definition) is 2. The summed E-state index contributed by atoms with van der Waals surface area (Å²) in [6.45, 7) is 1.62. The Morgan fingerprint density at radius 3 is 2.39 bits per heavy atom. The van der Waals surface area contributed by atoms with Crippen molar-refractivity contribution in [2.24, 2.45) is 5.10 Å². The number of nitrogens with one attached hydrogen (secondary N) is 1. The fraction of sp³-hybridized carbons (Fsp3) is 0.118. The second kappa shape index (κ2) is 7.74. The van der Waals surface area contributed by atoms with Gasteiger partial charge in [0.25, 0.3) is 5.91 Å². The Bertz CT molecular complexity index is 696. The van der Waals surface area contributed by atoms with Crippen LogP contribution < -0.4 is 10.2 Å². The Hall–Kier alpha value is -3.15. The summed E-state index contributed by atoms with van der Waals surface area (Å²) in [5.74, 6) is -0.774. The predicted octanol–water partition coefficient (Wildman–Crippen LogP) is 2.30. The second-order valence-corrected chi connectivity index (χ2v) is 4.73. The van der Waals surface area contributed by atoms with Crippen LogP contribution in [0.5, 0.6) is 5.75 Å². The monoisotopic (exact) mass is 312 g/mol. The van der Waals surface area contributed by atoms with Crippen LogP contribution in [0.1, 0.15) is 22.8 Å². The summed E-state index contributed by atoms with van der Waals surface area (Å²) < 4.78 is 5.47. The molecule has 0 aliphatic carbocycles. The van der Waals surface area contributed by atoms with Crippen molar-refractivity contribution in [3.63, 3.8) is 0 Å². The number of benzene rings is 2. The lowest BCUT2D eigenvalue weighted by Crippen LogP contribution is -2.33. The molecule has 0 saturated heterocycles. The normalized spacial score (nSPS) is 11.9. The fourth-order valence-corrected chi connectivity index (χ4v) is 1.73. The van der Waals surface area contributed by atoms with Crippen molar-refractivity contribution in [1.29, 1.82) is 0 Å². The van der Waals surface area contributed by atoms with Crippen molar-refractivity contribution < 1.29 is 19.4 Å². The first-order chi connectivity index (χ1) is 11.1. The zero-order valence-electron chi connectivity index (χ0n) is 12.5. The summed E-state index contributed by atoms with van der Waals surface area (Å²) in [6.07, 6.45) is 0.739. The van der Waals surface area contributed by atoms with Crippen LogP contribution in [0.3, 0.4) is 0 Å². The lowest BCUT2D eigenvalue weighted by atomic mass is 10.1. The van der Waals surface area contributed by atoms with Crippen molar-refractivity contribution in [1.82, 2.24) is 5.43 Å². The first-order valence-electron chi connectivity index (χ1n) is 6.94. The fourth-order valence-electron chi connectivity index (χ4n) is 1.73. The molecule has 118 valence electrons. The number of ether oxygens (including phenoxy) is 1. The van der Waals surface area contributed by atoms with E-state index in [0.29, 0.717) is 11.3 Å². The number of aromatic carboxylic acids is 1. The number of para-hydroxylation sites is 1. The summed E-state index contributed by atoms with van der Waals surface area (Å²) in [5.41, 5.74) is 3.24. The highest BCUT2D eigenvalue weighted by Crippen LogP contribution is 2.10. The number of carbonyl (C=O) groups excluding carboxylic acids is 1. The van der Waals surface area contributed by atoms with E-state index < -0.39 is 12.1 Å². The van der Waals surface area contributed by atoms with Crippen LogP contribution in [-0.2, 0) is 4.79 Å². The van der Waals surface area contributed by atoms with E-state index in [2.05, 4.69) is 10.5 Å². The number of hydrogen-bond acceptors (Lipinski definition) is 4. The molecule has 0 aromatic heterocycles. The molecule has 0 fully saturated rings. The highest BCUT2D eigenvalue weighted by molar-refractivity contribution is 5.89. The first kappa shape index (κ1) is 16.2. The molecule has 0 heterocycles. The van der Waals surface area contributed by atoms with Gasteiger partial charge in [0.1, 0.15) is 5.75 Å². The highest BCUT2D eigenvalue weighted by atomic mass is 16.5. The third-order valence-corrected chi connectivity index (χ3v) is 2.97. The smallest absolute Gasteiger partial charge is 0.335 e. The van der Waals surface area contributed by atoms with Crippen LogP contribution in [0.25, 0.3) is 0 Å². The molecule has 1 atom stereocenters. The summed E-state index contributed by atoms with van der Waals surface area (Å²) in [5, 5.41) is 12.6. The highest BCUT2D eigenvalue weighted by Gasteiger charge is 2.13. The molecule has 0 saturated carbocycles. The van der Waals surface area contributed by atoms with Gasteiger partial charge in [-0.1, -0.05) is 30.3 Å². The van der Waals surface area contributed by atoms with Gasteiger partial charge in [0, 0.05) is 0 Å². The average Bonchev–Trinajstić information content (AvgIpc) is 2.56. The minimum absolute atomic E-state index is 0.191. The maximum Gasteiger partial charge on any atom is 0.335 e. The largest absolute Gasteiger partial charge is 0.481 e. The topological polar surface area (TPSA) is 88.0 Å². The minimum atomic E-state index is -0.992. The average molecular weight is 312 g/mol. The summed E-state index contributed by atoms with van der Waals surface area (Å²) in [6, 6.07) is 15.1. The minimum Gasteiger partial charge on any atom is -0.481 e. The van der Waals surface area contributed by atoms with E-state index in [4.69, 9.17) is 9.84 Å². The van der Waals surface area contributed by atoms with Gasteiger partial charge < -0.3 is 9.84 Å². The number of rotatable bonds is 6. The molecule has 2 N–H and O–H groups in total. The van der Waals surface area contributed by atoms with E-state index >= 15 is 0 Å². The van der Waals surface area contributed by atoms with Crippen molar-refractivity contribution in [3.05, 3.63) is 65.7 Å². The van der Waals surface area contributed by atoms with Gasteiger partial charge in [0.15, 0.2) is 6.10 Å². The molecule has 0 aliphatic rings. The van der Waals surface area contributed by atoms with Crippen molar-refractivity contribution in [2.75, 3.05) is 0 Å². The van der Waals surface area contributed by atoms with Crippen LogP contribution in [-0.4, -0.2) is 29.3 Å². The number of carbonyl (C=O) groups is 2. The Morgan fingerprint density at radius 1 is 1.13 bits per heavy atom. The van der Waals surface area contributed by atoms with Gasteiger partial charge in [0.2, 0.25) is 0 Å². The van der Waals surface area contributed by atoms with Crippen LogP contribution in [0.15, 0.2) is 59.7 Å². The van der Waals surface area contributed by atoms with Crippen LogP contribution in [0.2, 0.25) is 0 Å². The van der Waals surface area contributed by atoms with E-state index in [9.17, 15) is 9.59 Å². The predicted molar refractivity (Wildman–Crippen MR) is 85.7 cm³/mol. The zero-order chi connectivity index (χ0) is 16.7. The van der Waals surface area contributed by atoms with Crippen molar-refractivity contribution in [2.45, 2.75) is 13.0 Å². The number of amides is 1. The van der Waals surface area contributed by atoms with E-state index in [1.807, 2.05) is 18.2 Å². The quantitative estimate of drug-likeness (QED) is 0.633. The van der Waals surface area contributed by atoms with Crippen molar-refractivity contribution >= 4 is 18.1 Å². The number of hydrazone groups is 1. The lowest BCUT2D eigenvalue weighted by Gasteiger charge is -2.12. The SMILES string of the molecule is CC(Oc1ccccc1)C(=O)N/N=C/c1ccc(C(=O)O)cc1. The third-order valence-electron chi connectivity index (χ3n) is 2.97. The van der Waals surface area contributed by atoms with Gasteiger partial charge in [-0.25, -0.2) is 10.2 Å². The molecule has 2 aromatic rings. The standard InChI is InChI=1S/C17H16N2O4/c1-12(23-15-5-3-2-4-6-15)16(20)19-18-11-13-7-9-14(10-8-13)17(21)22/h2-12H,1H3,(H,19,20)(H,21,22)/b18-11+. The van der Waals surface area contributed by atoms with Gasteiger partial charge in [-0.2, -0.15) is 5.10 Å². The Balaban J connectivity index is 1.86. The molecule has 1 amide bonds. The number of nitrogens with zero attached hydrogens (tertiary/aromatic N) is 1. The zero-order valence-corrected chi connectivity index (χ0v) is 12.5. The molecule has 1 unspecified atom stereocenters. The third kappa shape index (κ3) is 4.96. The summed E-state index contributed by atoms with van der Waals surface area (Å²) in [4.78, 5) is 22.6. The van der Waals surface area contributed by atoms with Gasteiger partial charge in [-0.15, -0.1) is 0 Å². The molecule has 2 rings (SSSR count). The van der Waals surface area contributed by atoms with E-state index in [-0.39, 0.29) is 11.5 Å². The van der Waals surface area contributed by atoms with Crippen LogP contribution in [0, 0.1) is 0 Å². The molecular formula is C17H16N2O4. The maximum absolute atomic E-state index is 11.9. The molecule has 0 aliphatic heterocycles. The van der Waals surface area contributed by atoms with Crippen LogP contribution >= 0.6 is 0 Å². The molecular weight excluding hydrogens is 296 g/mol.